The van der Waals surface area contributed by atoms with E-state index in [1.807, 2.05) is 6.07 Å². The van der Waals surface area contributed by atoms with Crippen molar-refractivity contribution in [2.45, 2.75) is 0 Å². The van der Waals surface area contributed by atoms with Crippen molar-refractivity contribution in [1.29, 1.82) is 0 Å². The topological polar surface area (TPSA) is 63.6 Å². The maximum absolute atomic E-state index is 11.8. The predicted octanol–water partition coefficient (Wildman–Crippen LogP) is 2.97. The summed E-state index contributed by atoms with van der Waals surface area (Å²) in [5.41, 5.74) is 0.943. The van der Waals surface area contributed by atoms with Crippen molar-refractivity contribution >= 4 is 18.0 Å². The average molecular weight is 268 g/mol. The number of esters is 1. The highest BCUT2D eigenvalue weighted by Gasteiger charge is 2.15. The third-order valence-corrected chi connectivity index (χ3v) is 2.52. The molecule has 0 amide bonds. The van der Waals surface area contributed by atoms with E-state index in [1.54, 1.807) is 54.6 Å². The van der Waals surface area contributed by atoms with Gasteiger partial charge in [0.15, 0.2) is 0 Å². The Labute approximate surface area is 115 Å². The first-order chi connectivity index (χ1) is 9.66. The molecule has 20 heavy (non-hydrogen) atoms. The third-order valence-electron chi connectivity index (χ3n) is 2.52. The fourth-order valence-corrected chi connectivity index (χ4v) is 1.57. The lowest BCUT2D eigenvalue weighted by molar-refractivity contribution is -0.135. The van der Waals surface area contributed by atoms with Crippen LogP contribution in [-0.4, -0.2) is 17.0 Å². The summed E-state index contributed by atoms with van der Waals surface area (Å²) in [6, 6.07) is 17.0. The van der Waals surface area contributed by atoms with Gasteiger partial charge in [0.2, 0.25) is 5.76 Å². The zero-order chi connectivity index (χ0) is 14.4. The van der Waals surface area contributed by atoms with Crippen LogP contribution in [0, 0.1) is 0 Å². The van der Waals surface area contributed by atoms with Gasteiger partial charge in [-0.2, -0.15) is 0 Å². The van der Waals surface area contributed by atoms with Crippen LogP contribution in [0.4, 0.5) is 0 Å². The Bertz CT molecular complexity index is 630. The first kappa shape index (κ1) is 13.5. The highest BCUT2D eigenvalue weighted by atomic mass is 16.6. The lowest BCUT2D eigenvalue weighted by Gasteiger charge is -2.05. The molecule has 2 aromatic rings. The van der Waals surface area contributed by atoms with Crippen molar-refractivity contribution in [3.63, 3.8) is 0 Å². The number of benzene rings is 2. The molecule has 0 radical (unpaired) electrons. The molecule has 0 aliphatic heterocycles. The maximum atomic E-state index is 11.8. The molecule has 100 valence electrons. The zero-order valence-corrected chi connectivity index (χ0v) is 10.5. The number of carbonyl (C=O) groups is 2. The van der Waals surface area contributed by atoms with E-state index in [2.05, 4.69) is 0 Å². The van der Waals surface area contributed by atoms with Gasteiger partial charge in [0.1, 0.15) is 0 Å². The fourth-order valence-electron chi connectivity index (χ4n) is 1.57. The molecule has 4 heteroatoms. The van der Waals surface area contributed by atoms with Crippen LogP contribution in [0.5, 0.6) is 0 Å². The SMILES string of the molecule is O=C(O)C(=Cc1ccccc1)OC(=O)c1ccccc1. The molecule has 1 N–H and O–H groups in total. The van der Waals surface area contributed by atoms with Crippen molar-refractivity contribution in [3.8, 4) is 0 Å². The van der Waals surface area contributed by atoms with Crippen molar-refractivity contribution in [1.82, 2.24) is 0 Å². The first-order valence-corrected chi connectivity index (χ1v) is 5.94. The van der Waals surface area contributed by atoms with Crippen LogP contribution in [0.1, 0.15) is 15.9 Å². The molecule has 2 aromatic carbocycles. The summed E-state index contributed by atoms with van der Waals surface area (Å²) >= 11 is 0. The van der Waals surface area contributed by atoms with Gasteiger partial charge in [0.25, 0.3) is 0 Å². The standard InChI is InChI=1S/C16H12O4/c17-15(18)14(11-12-7-3-1-4-8-12)20-16(19)13-9-5-2-6-10-13/h1-11H,(H,17,18). The molecule has 0 unspecified atom stereocenters. The largest absolute Gasteiger partial charge is 0.475 e. The van der Waals surface area contributed by atoms with Gasteiger partial charge >= 0.3 is 11.9 Å². The Balaban J connectivity index is 2.21. The summed E-state index contributed by atoms with van der Waals surface area (Å²) in [6.07, 6.45) is 1.31. The minimum absolute atomic E-state index is 0.299. The molecular formula is C16H12O4. The van der Waals surface area contributed by atoms with E-state index in [0.29, 0.717) is 11.1 Å². The number of carboxylic acids is 1. The number of carboxylic acid groups (broad SMARTS) is 1. The van der Waals surface area contributed by atoms with E-state index >= 15 is 0 Å². The Morgan fingerprint density at radius 2 is 1.45 bits per heavy atom. The molecule has 0 fully saturated rings. The van der Waals surface area contributed by atoms with E-state index in [-0.39, 0.29) is 0 Å². The number of hydrogen-bond acceptors (Lipinski definition) is 3. The van der Waals surface area contributed by atoms with E-state index in [0.717, 1.165) is 0 Å². The summed E-state index contributed by atoms with van der Waals surface area (Å²) in [5.74, 6) is -2.40. The summed E-state index contributed by atoms with van der Waals surface area (Å²) in [5, 5.41) is 9.08. The Hall–Kier alpha value is -2.88. The summed E-state index contributed by atoms with van der Waals surface area (Å²) in [6.45, 7) is 0. The van der Waals surface area contributed by atoms with Crippen LogP contribution in [0.25, 0.3) is 6.08 Å². The smallest absolute Gasteiger partial charge is 0.371 e. The molecule has 0 heterocycles. The van der Waals surface area contributed by atoms with Gasteiger partial charge in [-0.3, -0.25) is 0 Å². The lowest BCUT2D eigenvalue weighted by Crippen LogP contribution is -2.11. The molecule has 2 rings (SSSR count). The molecule has 0 aliphatic carbocycles. The molecule has 0 bridgehead atoms. The molecule has 0 spiro atoms. The van der Waals surface area contributed by atoms with Gasteiger partial charge in [-0.25, -0.2) is 9.59 Å². The zero-order valence-electron chi connectivity index (χ0n) is 10.5. The minimum Gasteiger partial charge on any atom is -0.475 e. The van der Waals surface area contributed by atoms with E-state index in [4.69, 9.17) is 9.84 Å². The van der Waals surface area contributed by atoms with Crippen molar-refractivity contribution < 1.29 is 19.4 Å². The van der Waals surface area contributed by atoms with E-state index in [9.17, 15) is 9.59 Å². The van der Waals surface area contributed by atoms with Gasteiger partial charge in [-0.15, -0.1) is 0 Å². The number of carbonyl (C=O) groups excluding carboxylic acids is 1. The van der Waals surface area contributed by atoms with Crippen molar-refractivity contribution in [2.75, 3.05) is 0 Å². The number of ether oxygens (including phenoxy) is 1. The molecule has 0 aromatic heterocycles. The van der Waals surface area contributed by atoms with Crippen molar-refractivity contribution in [3.05, 3.63) is 77.5 Å². The molecule has 0 saturated heterocycles. The van der Waals surface area contributed by atoms with Gasteiger partial charge < -0.3 is 9.84 Å². The Morgan fingerprint density at radius 1 is 0.900 bits per heavy atom. The number of aliphatic carboxylic acids is 1. The average Bonchev–Trinajstić information content (AvgIpc) is 2.48. The Kier molecular flexibility index (Phi) is 4.29. The first-order valence-electron chi connectivity index (χ1n) is 5.94. The second kappa shape index (κ2) is 6.33. The number of hydrogen-bond donors (Lipinski definition) is 1. The molecule has 0 atom stereocenters. The molecule has 0 aliphatic rings. The van der Waals surface area contributed by atoms with E-state index < -0.39 is 17.7 Å². The Morgan fingerprint density at radius 3 is 2.00 bits per heavy atom. The predicted molar refractivity (Wildman–Crippen MR) is 73.9 cm³/mol. The van der Waals surface area contributed by atoms with Crippen LogP contribution in [-0.2, 0) is 9.53 Å². The lowest BCUT2D eigenvalue weighted by atomic mass is 10.2. The van der Waals surface area contributed by atoms with Gasteiger partial charge in [0.05, 0.1) is 5.56 Å². The highest BCUT2D eigenvalue weighted by molar-refractivity contribution is 5.97. The van der Waals surface area contributed by atoms with Crippen molar-refractivity contribution in [2.24, 2.45) is 0 Å². The minimum atomic E-state index is -1.29. The molecule has 0 saturated carbocycles. The maximum Gasteiger partial charge on any atom is 0.371 e. The van der Waals surface area contributed by atoms with Crippen LogP contribution in [0.3, 0.4) is 0 Å². The van der Waals surface area contributed by atoms with Crippen LogP contribution in [0.15, 0.2) is 66.4 Å². The van der Waals surface area contributed by atoms with Crippen LogP contribution >= 0.6 is 0 Å². The third kappa shape index (κ3) is 3.55. The number of rotatable bonds is 4. The van der Waals surface area contributed by atoms with Gasteiger partial charge in [-0.1, -0.05) is 48.5 Å². The summed E-state index contributed by atoms with van der Waals surface area (Å²) < 4.78 is 4.92. The second-order valence-electron chi connectivity index (χ2n) is 3.98. The quantitative estimate of drug-likeness (QED) is 0.526. The van der Waals surface area contributed by atoms with Crippen LogP contribution < -0.4 is 0 Å². The summed E-state index contributed by atoms with van der Waals surface area (Å²) in [7, 11) is 0. The van der Waals surface area contributed by atoms with Gasteiger partial charge in [0, 0.05) is 0 Å². The molecular weight excluding hydrogens is 256 g/mol. The van der Waals surface area contributed by atoms with E-state index in [1.165, 1.54) is 6.08 Å². The normalized spacial score (nSPS) is 10.9. The molecule has 4 nitrogen and oxygen atoms in total. The summed E-state index contributed by atoms with van der Waals surface area (Å²) in [4.78, 5) is 22.9. The monoisotopic (exact) mass is 268 g/mol. The second-order valence-corrected chi connectivity index (χ2v) is 3.98. The highest BCUT2D eigenvalue weighted by Crippen LogP contribution is 2.11. The van der Waals surface area contributed by atoms with Gasteiger partial charge in [-0.05, 0) is 23.8 Å². The fraction of sp³-hybridized carbons (Fsp3) is 0. The van der Waals surface area contributed by atoms with Crippen LogP contribution in [0.2, 0.25) is 0 Å².